The predicted octanol–water partition coefficient (Wildman–Crippen LogP) is 0.804. The van der Waals surface area contributed by atoms with Crippen LogP contribution in [0.3, 0.4) is 0 Å². The quantitative estimate of drug-likeness (QED) is 0.758. The van der Waals surface area contributed by atoms with Crippen LogP contribution in [0.4, 0.5) is 0 Å². The molecule has 6 nitrogen and oxygen atoms in total. The van der Waals surface area contributed by atoms with Crippen LogP contribution in [-0.2, 0) is 6.54 Å². The molecule has 1 atom stereocenters. The highest BCUT2D eigenvalue weighted by Gasteiger charge is 2.28. The summed E-state index contributed by atoms with van der Waals surface area (Å²) in [5.41, 5.74) is 0.314. The second kappa shape index (κ2) is 6.57. The first-order valence-electron chi connectivity index (χ1n) is 7.11. The Labute approximate surface area is 127 Å². The van der Waals surface area contributed by atoms with E-state index < -0.39 is 5.60 Å². The average molecular weight is 305 g/mol. The van der Waals surface area contributed by atoms with Crippen LogP contribution in [0.1, 0.15) is 18.5 Å². The zero-order valence-corrected chi connectivity index (χ0v) is 12.6. The Kier molecular flexibility index (Phi) is 4.54. The molecule has 3 rings (SSSR count). The van der Waals surface area contributed by atoms with E-state index in [0.29, 0.717) is 25.5 Å². The number of thiazole rings is 1. The number of piperidine rings is 1. The summed E-state index contributed by atoms with van der Waals surface area (Å²) >= 11 is 1.54. The fourth-order valence-electron chi connectivity index (χ4n) is 2.43. The topological polar surface area (TPSA) is 83.0 Å². The summed E-state index contributed by atoms with van der Waals surface area (Å²) in [4.78, 5) is 12.9. The molecule has 2 aromatic rings. The van der Waals surface area contributed by atoms with Crippen LogP contribution in [0.2, 0.25) is 0 Å². The molecule has 0 amide bonds. The summed E-state index contributed by atoms with van der Waals surface area (Å²) in [5, 5.41) is 19.7. The molecule has 0 aliphatic carbocycles. The SMILES string of the molecule is O[C@]1(CNCc2csc(-c3ncccn3)n2)CCCNC1. The van der Waals surface area contributed by atoms with Gasteiger partial charge in [-0.1, -0.05) is 0 Å². The van der Waals surface area contributed by atoms with Crippen molar-refractivity contribution in [1.29, 1.82) is 0 Å². The molecule has 0 saturated carbocycles. The third-order valence-corrected chi connectivity index (χ3v) is 4.41. The summed E-state index contributed by atoms with van der Waals surface area (Å²) < 4.78 is 0. The molecule has 1 aliphatic heterocycles. The Morgan fingerprint density at radius 2 is 2.24 bits per heavy atom. The molecule has 1 fully saturated rings. The lowest BCUT2D eigenvalue weighted by Gasteiger charge is -2.32. The molecule has 1 aliphatic rings. The van der Waals surface area contributed by atoms with Gasteiger partial charge in [0.1, 0.15) is 0 Å². The lowest BCUT2D eigenvalue weighted by Crippen LogP contribution is -2.51. The third kappa shape index (κ3) is 3.82. The van der Waals surface area contributed by atoms with Crippen LogP contribution in [0.25, 0.3) is 10.8 Å². The first kappa shape index (κ1) is 14.5. The number of hydrogen-bond donors (Lipinski definition) is 3. The minimum atomic E-state index is -0.639. The van der Waals surface area contributed by atoms with Crippen LogP contribution >= 0.6 is 11.3 Å². The van der Waals surface area contributed by atoms with Crippen LogP contribution in [0.5, 0.6) is 0 Å². The summed E-state index contributed by atoms with van der Waals surface area (Å²) in [6, 6.07) is 1.79. The second-order valence-corrected chi connectivity index (χ2v) is 6.18. The van der Waals surface area contributed by atoms with Gasteiger partial charge in [0.2, 0.25) is 0 Å². The van der Waals surface area contributed by atoms with Crippen molar-refractivity contribution in [3.63, 3.8) is 0 Å². The Bertz CT molecular complexity index is 568. The Morgan fingerprint density at radius 1 is 1.38 bits per heavy atom. The normalized spacial score (nSPS) is 22.3. The zero-order valence-electron chi connectivity index (χ0n) is 11.7. The van der Waals surface area contributed by atoms with E-state index >= 15 is 0 Å². The highest BCUT2D eigenvalue weighted by atomic mass is 32.1. The summed E-state index contributed by atoms with van der Waals surface area (Å²) in [5.74, 6) is 0.656. The van der Waals surface area contributed by atoms with Gasteiger partial charge in [-0.05, 0) is 25.5 Å². The van der Waals surface area contributed by atoms with Gasteiger partial charge in [0.25, 0.3) is 0 Å². The standard InChI is InChI=1S/C14H19N5OS/c20-14(3-1-4-15-9-14)10-16-7-11-8-21-13(19-11)12-17-5-2-6-18-12/h2,5-6,8,15-16,20H,1,3-4,7,9-10H2/t14-/m1/s1. The van der Waals surface area contributed by atoms with E-state index in [1.807, 2.05) is 5.38 Å². The molecule has 3 N–H and O–H groups in total. The molecule has 0 spiro atoms. The molecule has 0 bridgehead atoms. The molecule has 1 saturated heterocycles. The number of aliphatic hydroxyl groups is 1. The van der Waals surface area contributed by atoms with Crippen molar-refractivity contribution in [1.82, 2.24) is 25.6 Å². The Hall–Kier alpha value is -1.41. The van der Waals surface area contributed by atoms with Gasteiger partial charge < -0.3 is 15.7 Å². The van der Waals surface area contributed by atoms with Gasteiger partial charge in [-0.15, -0.1) is 11.3 Å². The molecule has 0 unspecified atom stereocenters. The van der Waals surface area contributed by atoms with Gasteiger partial charge in [-0.25, -0.2) is 15.0 Å². The van der Waals surface area contributed by atoms with Gasteiger partial charge in [0, 0.05) is 37.4 Å². The number of rotatable bonds is 5. The average Bonchev–Trinajstić information content (AvgIpc) is 2.98. The number of nitrogens with one attached hydrogen (secondary N) is 2. The van der Waals surface area contributed by atoms with Crippen molar-refractivity contribution < 1.29 is 5.11 Å². The highest BCUT2D eigenvalue weighted by molar-refractivity contribution is 7.13. The van der Waals surface area contributed by atoms with E-state index in [4.69, 9.17) is 0 Å². The van der Waals surface area contributed by atoms with E-state index in [1.54, 1.807) is 18.5 Å². The fraction of sp³-hybridized carbons (Fsp3) is 0.500. The van der Waals surface area contributed by atoms with E-state index in [2.05, 4.69) is 25.6 Å². The number of β-amino-alcohol motifs (C(OH)–C–C–N with tert-alkyl or cyclic N) is 1. The number of hydrogen-bond acceptors (Lipinski definition) is 7. The number of aromatic nitrogens is 3. The van der Waals surface area contributed by atoms with Crippen molar-refractivity contribution in [2.45, 2.75) is 25.0 Å². The lowest BCUT2D eigenvalue weighted by molar-refractivity contribution is 0.0168. The molecule has 3 heterocycles. The second-order valence-electron chi connectivity index (χ2n) is 5.32. The smallest absolute Gasteiger partial charge is 0.188 e. The summed E-state index contributed by atoms with van der Waals surface area (Å²) in [7, 11) is 0. The largest absolute Gasteiger partial charge is 0.387 e. The fourth-order valence-corrected chi connectivity index (χ4v) is 3.19. The van der Waals surface area contributed by atoms with Crippen LogP contribution in [-0.4, -0.2) is 45.3 Å². The van der Waals surface area contributed by atoms with Crippen LogP contribution in [0, 0.1) is 0 Å². The molecule has 112 valence electrons. The molecular formula is C14H19N5OS. The van der Waals surface area contributed by atoms with Gasteiger partial charge >= 0.3 is 0 Å². The van der Waals surface area contributed by atoms with Crippen LogP contribution < -0.4 is 10.6 Å². The van der Waals surface area contributed by atoms with E-state index in [-0.39, 0.29) is 0 Å². The maximum Gasteiger partial charge on any atom is 0.188 e. The van der Waals surface area contributed by atoms with Gasteiger partial charge in [-0.2, -0.15) is 0 Å². The van der Waals surface area contributed by atoms with Gasteiger partial charge in [-0.3, -0.25) is 0 Å². The number of nitrogens with zero attached hydrogens (tertiary/aromatic N) is 3. The van der Waals surface area contributed by atoms with Crippen LogP contribution in [0.15, 0.2) is 23.8 Å². The lowest BCUT2D eigenvalue weighted by atomic mass is 9.94. The Morgan fingerprint density at radius 3 is 3.00 bits per heavy atom. The molecular weight excluding hydrogens is 286 g/mol. The maximum absolute atomic E-state index is 10.4. The monoisotopic (exact) mass is 305 g/mol. The first-order valence-corrected chi connectivity index (χ1v) is 7.99. The van der Waals surface area contributed by atoms with Crippen molar-refractivity contribution in [3.8, 4) is 10.8 Å². The summed E-state index contributed by atoms with van der Waals surface area (Å²) in [6.45, 7) is 2.87. The zero-order chi connectivity index (χ0) is 14.5. The molecule has 0 aromatic carbocycles. The van der Waals surface area contributed by atoms with E-state index in [1.165, 1.54) is 11.3 Å². The minimum Gasteiger partial charge on any atom is -0.387 e. The van der Waals surface area contributed by atoms with Crippen molar-refractivity contribution >= 4 is 11.3 Å². The van der Waals surface area contributed by atoms with E-state index in [0.717, 1.165) is 30.1 Å². The minimum absolute atomic E-state index is 0.578. The van der Waals surface area contributed by atoms with Crippen molar-refractivity contribution in [3.05, 3.63) is 29.5 Å². The molecule has 2 aromatic heterocycles. The van der Waals surface area contributed by atoms with E-state index in [9.17, 15) is 5.11 Å². The predicted molar refractivity (Wildman–Crippen MR) is 81.9 cm³/mol. The molecule has 0 radical (unpaired) electrons. The van der Waals surface area contributed by atoms with Gasteiger partial charge in [0.05, 0.1) is 11.3 Å². The molecule has 21 heavy (non-hydrogen) atoms. The van der Waals surface area contributed by atoms with Gasteiger partial charge in [0.15, 0.2) is 10.8 Å². The van der Waals surface area contributed by atoms with Crippen molar-refractivity contribution in [2.75, 3.05) is 19.6 Å². The summed E-state index contributed by atoms with van der Waals surface area (Å²) in [6.07, 6.45) is 5.29. The molecule has 7 heteroatoms. The van der Waals surface area contributed by atoms with Crippen molar-refractivity contribution in [2.24, 2.45) is 0 Å². The maximum atomic E-state index is 10.4. The Balaban J connectivity index is 1.53. The first-order chi connectivity index (χ1) is 10.3. The highest BCUT2D eigenvalue weighted by Crippen LogP contribution is 2.20. The third-order valence-electron chi connectivity index (χ3n) is 3.52.